The highest BCUT2D eigenvalue weighted by Gasteiger charge is 2.25. The summed E-state index contributed by atoms with van der Waals surface area (Å²) in [5.74, 6) is 0.187. The fourth-order valence-electron chi connectivity index (χ4n) is 3.09. The first-order valence-electron chi connectivity index (χ1n) is 8.28. The van der Waals surface area contributed by atoms with E-state index in [0.717, 1.165) is 16.7 Å². The zero-order chi connectivity index (χ0) is 17.1. The van der Waals surface area contributed by atoms with Crippen LogP contribution in [0.4, 0.5) is 0 Å². The predicted molar refractivity (Wildman–Crippen MR) is 92.8 cm³/mol. The zero-order valence-electron chi connectivity index (χ0n) is 14.2. The van der Waals surface area contributed by atoms with Gasteiger partial charge in [-0.05, 0) is 30.2 Å². The molecule has 0 bridgehead atoms. The van der Waals surface area contributed by atoms with E-state index in [1.807, 2.05) is 71.1 Å². The molecule has 1 saturated heterocycles. The number of nitrogens with zero attached hydrogens (tertiary/aromatic N) is 3. The van der Waals surface area contributed by atoms with Crippen LogP contribution in [0.25, 0.3) is 0 Å². The van der Waals surface area contributed by atoms with E-state index in [1.165, 1.54) is 0 Å². The van der Waals surface area contributed by atoms with Gasteiger partial charge in [0.1, 0.15) is 0 Å². The quantitative estimate of drug-likeness (QED) is 0.865. The van der Waals surface area contributed by atoms with Gasteiger partial charge < -0.3 is 14.4 Å². The topological polar surface area (TPSA) is 45.6 Å². The van der Waals surface area contributed by atoms with Crippen molar-refractivity contribution in [3.05, 3.63) is 59.4 Å². The average Bonchev–Trinajstić information content (AvgIpc) is 2.99. The summed E-state index contributed by atoms with van der Waals surface area (Å²) in [6.45, 7) is 4.33. The first-order valence-corrected chi connectivity index (χ1v) is 8.28. The SMILES string of the molecule is Cc1ccccc1C(=O)N1CCN(C(=O)Cc2ccn(C)c2)CC1. The van der Waals surface area contributed by atoms with Gasteiger partial charge in [-0.2, -0.15) is 0 Å². The van der Waals surface area contributed by atoms with Crippen molar-refractivity contribution >= 4 is 11.8 Å². The van der Waals surface area contributed by atoms with Crippen LogP contribution in [0, 0.1) is 6.92 Å². The lowest BCUT2D eigenvalue weighted by molar-refractivity contribution is -0.131. The molecule has 0 aliphatic carbocycles. The van der Waals surface area contributed by atoms with Gasteiger partial charge in [0, 0.05) is 51.2 Å². The van der Waals surface area contributed by atoms with Crippen LogP contribution < -0.4 is 0 Å². The Morgan fingerprint density at radius 1 is 1.00 bits per heavy atom. The first kappa shape index (κ1) is 16.3. The average molecular weight is 325 g/mol. The van der Waals surface area contributed by atoms with Crippen LogP contribution in [0.5, 0.6) is 0 Å². The molecular formula is C19H23N3O2. The Balaban J connectivity index is 1.56. The molecule has 0 radical (unpaired) electrons. The molecule has 0 spiro atoms. The number of aromatic nitrogens is 1. The Morgan fingerprint density at radius 2 is 1.67 bits per heavy atom. The van der Waals surface area contributed by atoms with E-state index in [4.69, 9.17) is 0 Å². The maximum absolute atomic E-state index is 12.6. The second-order valence-corrected chi connectivity index (χ2v) is 6.35. The number of amides is 2. The van der Waals surface area contributed by atoms with E-state index >= 15 is 0 Å². The number of piperazine rings is 1. The standard InChI is InChI=1S/C19H23N3O2/c1-15-5-3-4-6-17(15)19(24)22-11-9-21(10-12-22)18(23)13-16-7-8-20(2)14-16/h3-8,14H,9-13H2,1-2H3. The second kappa shape index (κ2) is 6.91. The summed E-state index contributed by atoms with van der Waals surface area (Å²) in [7, 11) is 1.95. The van der Waals surface area contributed by atoms with E-state index in [-0.39, 0.29) is 11.8 Å². The lowest BCUT2D eigenvalue weighted by atomic mass is 10.1. The Kier molecular flexibility index (Phi) is 4.69. The number of carbonyl (C=O) groups excluding carboxylic acids is 2. The molecule has 126 valence electrons. The number of hydrogen-bond donors (Lipinski definition) is 0. The van der Waals surface area contributed by atoms with Crippen molar-refractivity contribution in [2.75, 3.05) is 26.2 Å². The van der Waals surface area contributed by atoms with Crippen molar-refractivity contribution < 1.29 is 9.59 Å². The molecule has 2 aromatic rings. The lowest BCUT2D eigenvalue weighted by Gasteiger charge is -2.35. The third kappa shape index (κ3) is 3.50. The number of carbonyl (C=O) groups is 2. The van der Waals surface area contributed by atoms with E-state index in [2.05, 4.69) is 0 Å². The van der Waals surface area contributed by atoms with Gasteiger partial charge in [-0.25, -0.2) is 0 Å². The highest BCUT2D eigenvalue weighted by atomic mass is 16.2. The third-order valence-electron chi connectivity index (χ3n) is 4.54. The molecule has 1 aromatic carbocycles. The number of benzene rings is 1. The van der Waals surface area contributed by atoms with Crippen molar-refractivity contribution in [1.82, 2.24) is 14.4 Å². The number of rotatable bonds is 3. The van der Waals surface area contributed by atoms with Gasteiger partial charge in [-0.3, -0.25) is 9.59 Å². The molecule has 5 heteroatoms. The number of hydrogen-bond acceptors (Lipinski definition) is 2. The van der Waals surface area contributed by atoms with E-state index in [9.17, 15) is 9.59 Å². The minimum atomic E-state index is 0.0586. The molecule has 0 atom stereocenters. The van der Waals surface area contributed by atoms with Crippen LogP contribution in [-0.2, 0) is 18.3 Å². The van der Waals surface area contributed by atoms with Crippen molar-refractivity contribution in [1.29, 1.82) is 0 Å². The molecule has 2 heterocycles. The van der Waals surface area contributed by atoms with Crippen LogP contribution in [0.1, 0.15) is 21.5 Å². The molecule has 1 fully saturated rings. The van der Waals surface area contributed by atoms with Gasteiger partial charge in [0.25, 0.3) is 5.91 Å². The van der Waals surface area contributed by atoms with E-state index < -0.39 is 0 Å². The summed E-state index contributed by atoms with van der Waals surface area (Å²) in [6.07, 6.45) is 4.34. The summed E-state index contributed by atoms with van der Waals surface area (Å²) in [4.78, 5) is 28.7. The van der Waals surface area contributed by atoms with Crippen molar-refractivity contribution in [3.63, 3.8) is 0 Å². The zero-order valence-corrected chi connectivity index (χ0v) is 14.2. The van der Waals surface area contributed by atoms with E-state index in [0.29, 0.717) is 32.6 Å². The van der Waals surface area contributed by atoms with Gasteiger partial charge in [0.2, 0.25) is 5.91 Å². The summed E-state index contributed by atoms with van der Waals surface area (Å²) in [6, 6.07) is 9.61. The minimum Gasteiger partial charge on any atom is -0.357 e. The maximum Gasteiger partial charge on any atom is 0.254 e. The summed E-state index contributed by atoms with van der Waals surface area (Å²) in [5, 5.41) is 0. The fourth-order valence-corrected chi connectivity index (χ4v) is 3.09. The molecule has 0 saturated carbocycles. The largest absolute Gasteiger partial charge is 0.357 e. The van der Waals surface area contributed by atoms with Gasteiger partial charge in [-0.1, -0.05) is 18.2 Å². The molecule has 3 rings (SSSR count). The van der Waals surface area contributed by atoms with Gasteiger partial charge >= 0.3 is 0 Å². The van der Waals surface area contributed by atoms with Crippen molar-refractivity contribution in [3.8, 4) is 0 Å². The highest BCUT2D eigenvalue weighted by Crippen LogP contribution is 2.13. The predicted octanol–water partition coefficient (Wildman–Crippen LogP) is 1.86. The Bertz CT molecular complexity index is 743. The Labute approximate surface area is 142 Å². The smallest absolute Gasteiger partial charge is 0.254 e. The molecule has 2 amide bonds. The molecule has 0 unspecified atom stereocenters. The van der Waals surface area contributed by atoms with Crippen LogP contribution in [0.2, 0.25) is 0 Å². The summed E-state index contributed by atoms with van der Waals surface area (Å²) in [5.41, 5.74) is 2.77. The molecule has 1 aromatic heterocycles. The highest BCUT2D eigenvalue weighted by molar-refractivity contribution is 5.95. The normalized spacial score (nSPS) is 14.8. The minimum absolute atomic E-state index is 0.0586. The molecule has 0 N–H and O–H groups in total. The molecule has 5 nitrogen and oxygen atoms in total. The Morgan fingerprint density at radius 3 is 2.29 bits per heavy atom. The van der Waals surface area contributed by atoms with Crippen LogP contribution in [0.15, 0.2) is 42.7 Å². The second-order valence-electron chi connectivity index (χ2n) is 6.35. The van der Waals surface area contributed by atoms with Crippen molar-refractivity contribution in [2.24, 2.45) is 7.05 Å². The third-order valence-corrected chi connectivity index (χ3v) is 4.54. The van der Waals surface area contributed by atoms with Crippen molar-refractivity contribution in [2.45, 2.75) is 13.3 Å². The number of aryl methyl sites for hydroxylation is 2. The summed E-state index contributed by atoms with van der Waals surface area (Å²) < 4.78 is 1.95. The van der Waals surface area contributed by atoms with Crippen LogP contribution in [0.3, 0.4) is 0 Å². The molecule has 1 aliphatic rings. The van der Waals surface area contributed by atoms with E-state index in [1.54, 1.807) is 0 Å². The van der Waals surface area contributed by atoms with Gasteiger partial charge in [-0.15, -0.1) is 0 Å². The molecule has 24 heavy (non-hydrogen) atoms. The Hall–Kier alpha value is -2.56. The van der Waals surface area contributed by atoms with Gasteiger partial charge in [0.15, 0.2) is 0 Å². The maximum atomic E-state index is 12.6. The lowest BCUT2D eigenvalue weighted by Crippen LogP contribution is -2.51. The fraction of sp³-hybridized carbons (Fsp3) is 0.368. The van der Waals surface area contributed by atoms with Crippen LogP contribution in [-0.4, -0.2) is 52.4 Å². The molecule has 1 aliphatic heterocycles. The monoisotopic (exact) mass is 325 g/mol. The van der Waals surface area contributed by atoms with Gasteiger partial charge in [0.05, 0.1) is 6.42 Å². The molecular weight excluding hydrogens is 302 g/mol. The first-order chi connectivity index (χ1) is 11.5. The summed E-state index contributed by atoms with van der Waals surface area (Å²) >= 11 is 0. The van der Waals surface area contributed by atoms with Crippen LogP contribution >= 0.6 is 0 Å².